The number of hydrogen-bond donors (Lipinski definition) is 0. The number of unbranched alkanes of at least 4 members (excludes halogenated alkanes) is 2. The van der Waals surface area contributed by atoms with E-state index < -0.39 is 5.97 Å². The molecule has 1 aliphatic carbocycles. The largest absolute Gasteiger partial charge is 0.490 e. The van der Waals surface area contributed by atoms with E-state index in [1.807, 2.05) is 0 Å². The number of carbonyl (C=O) groups excluding carboxylic acids is 1. The molecule has 2 aromatic rings. The molecule has 3 rings (SSSR count). The van der Waals surface area contributed by atoms with Gasteiger partial charge in [-0.3, -0.25) is 0 Å². The highest BCUT2D eigenvalue weighted by molar-refractivity contribution is 5.91. The lowest BCUT2D eigenvalue weighted by atomic mass is 9.79. The molecule has 0 saturated heterocycles. The van der Waals surface area contributed by atoms with Crippen molar-refractivity contribution in [2.24, 2.45) is 11.8 Å². The zero-order valence-electron chi connectivity index (χ0n) is 18.4. The number of hydrogen-bond acceptors (Lipinski definition) is 3. The minimum Gasteiger partial charge on any atom is -0.490 e. The van der Waals surface area contributed by atoms with Crippen molar-refractivity contribution in [3.05, 3.63) is 72.1 Å². The van der Waals surface area contributed by atoms with Gasteiger partial charge in [0.1, 0.15) is 23.9 Å². The Bertz CT molecular complexity index is 819. The molecule has 0 N–H and O–H groups in total. The Balaban J connectivity index is 1.36. The first kappa shape index (κ1) is 23.1. The fraction of sp³-hybridized carbons (Fsp3) is 0.444. The van der Waals surface area contributed by atoms with Gasteiger partial charge in [0, 0.05) is 0 Å². The number of benzene rings is 2. The van der Waals surface area contributed by atoms with Crippen molar-refractivity contribution in [2.75, 3.05) is 6.61 Å². The molecule has 0 amide bonds. The summed E-state index contributed by atoms with van der Waals surface area (Å²) in [5.74, 6) is 1.78. The van der Waals surface area contributed by atoms with Crippen LogP contribution in [0.2, 0.25) is 0 Å². The third-order valence-corrected chi connectivity index (χ3v) is 5.98. The van der Waals surface area contributed by atoms with E-state index >= 15 is 0 Å². The number of ether oxygens (including phenoxy) is 2. The fourth-order valence-electron chi connectivity index (χ4n) is 4.10. The highest BCUT2D eigenvalue weighted by Gasteiger charge is 2.18. The van der Waals surface area contributed by atoms with Crippen LogP contribution in [-0.2, 0) is 0 Å². The molecule has 1 saturated carbocycles. The van der Waals surface area contributed by atoms with E-state index in [9.17, 15) is 9.18 Å². The van der Waals surface area contributed by atoms with E-state index in [0.717, 1.165) is 5.92 Å². The lowest BCUT2D eigenvalue weighted by Gasteiger charge is -2.26. The van der Waals surface area contributed by atoms with Crippen LogP contribution in [0.4, 0.5) is 4.39 Å². The van der Waals surface area contributed by atoms with E-state index in [1.165, 1.54) is 75.6 Å². The fourth-order valence-corrected chi connectivity index (χ4v) is 4.10. The van der Waals surface area contributed by atoms with Crippen molar-refractivity contribution in [3.8, 4) is 11.5 Å². The van der Waals surface area contributed by atoms with Gasteiger partial charge < -0.3 is 9.47 Å². The van der Waals surface area contributed by atoms with Crippen LogP contribution in [0.3, 0.4) is 0 Å². The first-order valence-corrected chi connectivity index (χ1v) is 11.5. The highest BCUT2D eigenvalue weighted by Crippen LogP contribution is 2.32. The molecular weight excluding hydrogens is 391 g/mol. The second kappa shape index (κ2) is 12.3. The minimum absolute atomic E-state index is 0.312. The first-order valence-electron chi connectivity index (χ1n) is 11.5. The molecule has 2 aromatic carbocycles. The topological polar surface area (TPSA) is 35.5 Å². The predicted octanol–water partition coefficient (Wildman–Crippen LogP) is 7.37. The smallest absolute Gasteiger partial charge is 0.343 e. The number of rotatable bonds is 10. The molecule has 0 aliphatic heterocycles. The Hall–Kier alpha value is -2.62. The Labute approximate surface area is 185 Å². The van der Waals surface area contributed by atoms with Crippen LogP contribution in [0.15, 0.2) is 60.7 Å². The molecule has 0 bridgehead atoms. The van der Waals surface area contributed by atoms with E-state index in [0.29, 0.717) is 29.6 Å². The summed E-state index contributed by atoms with van der Waals surface area (Å²) < 4.78 is 23.9. The van der Waals surface area contributed by atoms with Gasteiger partial charge in [-0.05, 0) is 86.1 Å². The molecule has 31 heavy (non-hydrogen) atoms. The molecule has 0 radical (unpaired) electrons. The number of esters is 1. The zero-order chi connectivity index (χ0) is 21.9. The lowest BCUT2D eigenvalue weighted by Crippen LogP contribution is -2.13. The van der Waals surface area contributed by atoms with Gasteiger partial charge in [-0.2, -0.15) is 0 Å². The summed E-state index contributed by atoms with van der Waals surface area (Å²) in [5, 5.41) is 0. The highest BCUT2D eigenvalue weighted by atomic mass is 19.1. The molecule has 1 fully saturated rings. The molecule has 3 nitrogen and oxygen atoms in total. The third-order valence-electron chi connectivity index (χ3n) is 5.98. The Morgan fingerprint density at radius 1 is 0.968 bits per heavy atom. The summed E-state index contributed by atoms with van der Waals surface area (Å²) >= 11 is 0. The summed E-state index contributed by atoms with van der Waals surface area (Å²) in [5.41, 5.74) is 0.419. The van der Waals surface area contributed by atoms with Crippen LogP contribution in [0.25, 0.3) is 0 Å². The van der Waals surface area contributed by atoms with Crippen LogP contribution >= 0.6 is 0 Å². The molecule has 0 heterocycles. The summed E-state index contributed by atoms with van der Waals surface area (Å²) in [7, 11) is 0. The zero-order valence-corrected chi connectivity index (χ0v) is 18.4. The maximum atomic E-state index is 12.9. The van der Waals surface area contributed by atoms with Gasteiger partial charge in [-0.25, -0.2) is 9.18 Å². The van der Waals surface area contributed by atoms with Crippen LogP contribution < -0.4 is 9.47 Å². The average molecular weight is 425 g/mol. The Morgan fingerprint density at radius 2 is 1.65 bits per heavy atom. The number of carbonyl (C=O) groups is 1. The predicted molar refractivity (Wildman–Crippen MR) is 122 cm³/mol. The maximum absolute atomic E-state index is 12.9. The van der Waals surface area contributed by atoms with Gasteiger partial charge in [-0.1, -0.05) is 44.8 Å². The number of halogens is 1. The Kier molecular flexibility index (Phi) is 9.14. The summed E-state index contributed by atoms with van der Waals surface area (Å²) in [6.45, 7) is 2.79. The van der Waals surface area contributed by atoms with Gasteiger partial charge in [0.05, 0.1) is 5.56 Å². The number of allylic oxidation sites excluding steroid dienone is 1. The van der Waals surface area contributed by atoms with Crippen molar-refractivity contribution in [1.29, 1.82) is 0 Å². The summed E-state index contributed by atoms with van der Waals surface area (Å²) in [6.07, 6.45) is 15.2. The molecule has 166 valence electrons. The normalized spacial score (nSPS) is 18.8. The van der Waals surface area contributed by atoms with Crippen LogP contribution in [0.1, 0.15) is 68.6 Å². The molecule has 0 spiro atoms. The van der Waals surface area contributed by atoms with Gasteiger partial charge >= 0.3 is 5.97 Å². The molecule has 1 aliphatic rings. The second-order valence-electron chi connectivity index (χ2n) is 8.38. The van der Waals surface area contributed by atoms with Crippen molar-refractivity contribution < 1.29 is 18.7 Å². The minimum atomic E-state index is -0.483. The second-order valence-corrected chi connectivity index (χ2v) is 8.38. The van der Waals surface area contributed by atoms with Crippen molar-refractivity contribution >= 4 is 5.97 Å². The van der Waals surface area contributed by atoms with Crippen LogP contribution in [-0.4, -0.2) is 12.6 Å². The van der Waals surface area contributed by atoms with Crippen molar-refractivity contribution in [2.45, 2.75) is 58.3 Å². The van der Waals surface area contributed by atoms with E-state index in [-0.39, 0.29) is 5.82 Å². The molecule has 4 heteroatoms. The summed E-state index contributed by atoms with van der Waals surface area (Å²) in [4.78, 5) is 12.2. The average Bonchev–Trinajstić information content (AvgIpc) is 2.80. The quantitative estimate of drug-likeness (QED) is 0.173. The van der Waals surface area contributed by atoms with Crippen molar-refractivity contribution in [1.82, 2.24) is 0 Å². The SMILES string of the molecule is CCCCC[C@H]1CC[C@H](C=CCOc2ccc(C(=O)Oc3ccc(F)cc3)cc2)CC1. The monoisotopic (exact) mass is 424 g/mol. The van der Waals surface area contributed by atoms with E-state index in [1.54, 1.807) is 24.3 Å². The lowest BCUT2D eigenvalue weighted by molar-refractivity contribution is 0.0734. The molecule has 0 atom stereocenters. The third kappa shape index (κ3) is 7.86. The van der Waals surface area contributed by atoms with Crippen molar-refractivity contribution in [3.63, 3.8) is 0 Å². The van der Waals surface area contributed by atoms with Crippen LogP contribution in [0.5, 0.6) is 11.5 Å². The molecular formula is C27H33FO3. The van der Waals surface area contributed by atoms with Gasteiger partial charge in [0.15, 0.2) is 0 Å². The summed E-state index contributed by atoms with van der Waals surface area (Å²) in [6, 6.07) is 12.2. The standard InChI is InChI=1S/C27H33FO3/c1-2-3-4-6-21-8-10-22(11-9-21)7-5-20-30-25-16-12-23(13-17-25)27(29)31-26-18-14-24(28)15-19-26/h5,7,12-19,21-22H,2-4,6,8-11,20H2,1H3/t21-,22-. The van der Waals surface area contributed by atoms with Gasteiger partial charge in [0.25, 0.3) is 0 Å². The van der Waals surface area contributed by atoms with Crippen LogP contribution in [0, 0.1) is 17.7 Å². The first-order chi connectivity index (χ1) is 15.1. The van der Waals surface area contributed by atoms with E-state index in [2.05, 4.69) is 19.1 Å². The maximum Gasteiger partial charge on any atom is 0.343 e. The molecule has 0 aromatic heterocycles. The molecule has 0 unspecified atom stereocenters. The van der Waals surface area contributed by atoms with Gasteiger partial charge in [0.2, 0.25) is 0 Å². The van der Waals surface area contributed by atoms with Gasteiger partial charge in [-0.15, -0.1) is 0 Å². The van der Waals surface area contributed by atoms with E-state index in [4.69, 9.17) is 9.47 Å². The Morgan fingerprint density at radius 3 is 2.32 bits per heavy atom.